The molecule has 2 amide bonds. The molecule has 0 aliphatic carbocycles. The number of rotatable bonds is 8. The highest BCUT2D eigenvalue weighted by Crippen LogP contribution is 2.34. The van der Waals surface area contributed by atoms with Crippen LogP contribution in [0, 0.1) is 5.82 Å². The van der Waals surface area contributed by atoms with Crippen LogP contribution in [0.4, 0.5) is 10.1 Å². The number of ether oxygens (including phenoxy) is 3. The molecule has 0 atom stereocenters. The molecule has 1 aromatic heterocycles. The van der Waals surface area contributed by atoms with E-state index in [-0.39, 0.29) is 35.3 Å². The highest BCUT2D eigenvalue weighted by Gasteiger charge is 2.21. The van der Waals surface area contributed by atoms with Crippen molar-refractivity contribution < 1.29 is 32.6 Å². The summed E-state index contributed by atoms with van der Waals surface area (Å²) in [5.74, 6) is 0.353. The maximum Gasteiger partial charge on any atom is 0.291 e. The number of carbonyl (C=O) groups is 2. The van der Waals surface area contributed by atoms with Crippen molar-refractivity contribution >= 4 is 17.5 Å². The first kappa shape index (κ1) is 22.7. The average molecular weight is 442 g/mol. The summed E-state index contributed by atoms with van der Waals surface area (Å²) in [4.78, 5) is 26.7. The van der Waals surface area contributed by atoms with Crippen molar-refractivity contribution in [3.05, 3.63) is 71.4 Å². The topological polar surface area (TPSA) is 90.2 Å². The van der Waals surface area contributed by atoms with Gasteiger partial charge in [-0.25, -0.2) is 4.39 Å². The van der Waals surface area contributed by atoms with Crippen LogP contribution in [-0.4, -0.2) is 45.0 Å². The number of amides is 2. The van der Waals surface area contributed by atoms with Crippen molar-refractivity contribution in [2.45, 2.75) is 6.61 Å². The fourth-order valence-electron chi connectivity index (χ4n) is 2.85. The minimum atomic E-state index is -0.557. The standard InChI is InChI=1S/C23H23FN2O6/c1-26(2)23(28)17-11-20(29-3)21(30-4)12-18(17)25-22(27)19-10-9-16(32-19)13-31-15-7-5-14(24)6-8-15/h5-12H,13H2,1-4H3,(H,25,27). The molecule has 9 heteroatoms. The number of furan rings is 1. The van der Waals surface area contributed by atoms with E-state index in [2.05, 4.69) is 5.32 Å². The number of halogens is 1. The minimum Gasteiger partial charge on any atom is -0.493 e. The van der Waals surface area contributed by atoms with Crippen LogP contribution in [0.15, 0.2) is 52.9 Å². The molecule has 0 fully saturated rings. The molecule has 0 bridgehead atoms. The number of nitrogens with zero attached hydrogens (tertiary/aromatic N) is 1. The molecule has 8 nitrogen and oxygen atoms in total. The maximum absolute atomic E-state index is 13.0. The number of hydrogen-bond donors (Lipinski definition) is 1. The zero-order chi connectivity index (χ0) is 23.3. The monoisotopic (exact) mass is 442 g/mol. The third-order valence-electron chi connectivity index (χ3n) is 4.49. The summed E-state index contributed by atoms with van der Waals surface area (Å²) in [5, 5.41) is 2.68. The normalized spacial score (nSPS) is 10.4. The van der Waals surface area contributed by atoms with Gasteiger partial charge in [-0.05, 0) is 42.5 Å². The first-order chi connectivity index (χ1) is 15.3. The molecule has 1 heterocycles. The summed E-state index contributed by atoms with van der Waals surface area (Å²) < 4.78 is 34.6. The molecule has 168 valence electrons. The summed E-state index contributed by atoms with van der Waals surface area (Å²) in [6.07, 6.45) is 0. The van der Waals surface area contributed by atoms with E-state index in [0.29, 0.717) is 23.0 Å². The van der Waals surface area contributed by atoms with Crippen molar-refractivity contribution in [1.29, 1.82) is 0 Å². The Morgan fingerprint density at radius 3 is 2.28 bits per heavy atom. The lowest BCUT2D eigenvalue weighted by Gasteiger charge is -2.17. The summed E-state index contributed by atoms with van der Waals surface area (Å²) >= 11 is 0. The molecule has 0 unspecified atom stereocenters. The van der Waals surface area contributed by atoms with Gasteiger partial charge in [0, 0.05) is 20.2 Å². The number of nitrogens with one attached hydrogen (secondary N) is 1. The van der Waals surface area contributed by atoms with Crippen LogP contribution in [0.1, 0.15) is 26.7 Å². The average Bonchev–Trinajstić information content (AvgIpc) is 3.27. The second-order valence-electron chi connectivity index (χ2n) is 6.92. The molecule has 3 aromatic rings. The maximum atomic E-state index is 13.0. The van der Waals surface area contributed by atoms with Gasteiger partial charge in [0.2, 0.25) is 0 Å². The van der Waals surface area contributed by atoms with Gasteiger partial charge in [0.25, 0.3) is 11.8 Å². The van der Waals surface area contributed by atoms with Crippen LogP contribution in [0.25, 0.3) is 0 Å². The summed E-state index contributed by atoms with van der Waals surface area (Å²) in [6.45, 7) is 0.0552. The van der Waals surface area contributed by atoms with Crippen LogP contribution in [0.2, 0.25) is 0 Å². The fourth-order valence-corrected chi connectivity index (χ4v) is 2.85. The molecule has 0 radical (unpaired) electrons. The Labute approximate surface area is 184 Å². The Morgan fingerprint density at radius 2 is 1.66 bits per heavy atom. The van der Waals surface area contributed by atoms with Gasteiger partial charge in [-0.3, -0.25) is 9.59 Å². The van der Waals surface area contributed by atoms with E-state index in [1.165, 1.54) is 61.6 Å². The Bertz CT molecular complexity index is 1110. The van der Waals surface area contributed by atoms with Crippen molar-refractivity contribution in [2.75, 3.05) is 33.6 Å². The molecular formula is C23H23FN2O6. The molecule has 0 saturated heterocycles. The van der Waals surface area contributed by atoms with E-state index >= 15 is 0 Å². The predicted octanol–water partition coefficient (Wildman–Crippen LogP) is 3.97. The van der Waals surface area contributed by atoms with Gasteiger partial charge in [-0.15, -0.1) is 0 Å². The van der Waals surface area contributed by atoms with Gasteiger partial charge in [-0.2, -0.15) is 0 Å². The predicted molar refractivity (Wildman–Crippen MR) is 115 cm³/mol. The fraction of sp³-hybridized carbons (Fsp3) is 0.217. The minimum absolute atomic E-state index is 0.0285. The summed E-state index contributed by atoms with van der Waals surface area (Å²) in [7, 11) is 6.12. The van der Waals surface area contributed by atoms with Gasteiger partial charge in [0.15, 0.2) is 17.3 Å². The lowest BCUT2D eigenvalue weighted by molar-refractivity contribution is 0.0828. The highest BCUT2D eigenvalue weighted by molar-refractivity contribution is 6.08. The first-order valence-corrected chi connectivity index (χ1v) is 9.58. The Morgan fingerprint density at radius 1 is 1.00 bits per heavy atom. The van der Waals surface area contributed by atoms with Crippen LogP contribution < -0.4 is 19.5 Å². The van der Waals surface area contributed by atoms with E-state index in [9.17, 15) is 14.0 Å². The zero-order valence-corrected chi connectivity index (χ0v) is 18.1. The van der Waals surface area contributed by atoms with Crippen LogP contribution >= 0.6 is 0 Å². The van der Waals surface area contributed by atoms with Crippen molar-refractivity contribution in [2.24, 2.45) is 0 Å². The van der Waals surface area contributed by atoms with Crippen LogP contribution in [0.5, 0.6) is 17.2 Å². The van der Waals surface area contributed by atoms with E-state index in [0.717, 1.165) is 0 Å². The summed E-state index contributed by atoms with van der Waals surface area (Å²) in [6, 6.07) is 11.7. The Balaban J connectivity index is 1.77. The third-order valence-corrected chi connectivity index (χ3v) is 4.49. The van der Waals surface area contributed by atoms with Crippen LogP contribution in [0.3, 0.4) is 0 Å². The zero-order valence-electron chi connectivity index (χ0n) is 18.1. The van der Waals surface area contributed by atoms with E-state index in [4.69, 9.17) is 18.6 Å². The number of anilines is 1. The van der Waals surface area contributed by atoms with E-state index in [1.807, 2.05) is 0 Å². The molecule has 0 spiro atoms. The van der Waals surface area contributed by atoms with Gasteiger partial charge in [-0.1, -0.05) is 0 Å². The molecule has 2 aromatic carbocycles. The van der Waals surface area contributed by atoms with Gasteiger partial charge >= 0.3 is 0 Å². The quantitative estimate of drug-likeness (QED) is 0.568. The summed E-state index contributed by atoms with van der Waals surface area (Å²) in [5.41, 5.74) is 0.472. The van der Waals surface area contributed by atoms with Gasteiger partial charge in [0.05, 0.1) is 25.5 Å². The van der Waals surface area contributed by atoms with Gasteiger partial charge < -0.3 is 28.8 Å². The second-order valence-corrected chi connectivity index (χ2v) is 6.92. The smallest absolute Gasteiger partial charge is 0.291 e. The third kappa shape index (κ3) is 5.18. The molecule has 1 N–H and O–H groups in total. The largest absolute Gasteiger partial charge is 0.493 e. The van der Waals surface area contributed by atoms with Crippen molar-refractivity contribution in [1.82, 2.24) is 4.90 Å². The molecule has 32 heavy (non-hydrogen) atoms. The molecule has 0 aliphatic heterocycles. The molecular weight excluding hydrogens is 419 g/mol. The van der Waals surface area contributed by atoms with Crippen molar-refractivity contribution in [3.8, 4) is 17.2 Å². The van der Waals surface area contributed by atoms with Crippen molar-refractivity contribution in [3.63, 3.8) is 0 Å². The second kappa shape index (κ2) is 9.86. The molecule has 0 aliphatic rings. The number of hydrogen-bond acceptors (Lipinski definition) is 6. The Hall–Kier alpha value is -4.01. The number of carbonyl (C=O) groups excluding carboxylic acids is 2. The highest BCUT2D eigenvalue weighted by atomic mass is 19.1. The van der Waals surface area contributed by atoms with E-state index < -0.39 is 5.91 Å². The number of benzene rings is 2. The lowest BCUT2D eigenvalue weighted by Crippen LogP contribution is -2.24. The molecule has 3 rings (SSSR count). The van der Waals surface area contributed by atoms with Gasteiger partial charge in [0.1, 0.15) is 23.9 Å². The molecule has 0 saturated carbocycles. The Kier molecular flexibility index (Phi) is 6.99. The van der Waals surface area contributed by atoms with E-state index in [1.54, 1.807) is 20.2 Å². The number of methoxy groups -OCH3 is 2. The SMILES string of the molecule is COc1cc(NC(=O)c2ccc(COc3ccc(F)cc3)o2)c(C(=O)N(C)C)cc1OC. The lowest BCUT2D eigenvalue weighted by atomic mass is 10.1. The first-order valence-electron chi connectivity index (χ1n) is 9.58. The van der Waals surface area contributed by atoms with Crippen LogP contribution in [-0.2, 0) is 6.61 Å².